The Bertz CT molecular complexity index is 1130. The molecule has 0 saturated carbocycles. The Balaban J connectivity index is 1.80. The van der Waals surface area contributed by atoms with Crippen LogP contribution < -0.4 is 0 Å². The van der Waals surface area contributed by atoms with E-state index in [2.05, 4.69) is 10.1 Å². The lowest BCUT2D eigenvalue weighted by atomic mass is 10.1. The van der Waals surface area contributed by atoms with Gasteiger partial charge in [-0.1, -0.05) is 12.1 Å². The van der Waals surface area contributed by atoms with E-state index in [0.717, 1.165) is 17.1 Å². The van der Waals surface area contributed by atoms with E-state index in [1.807, 2.05) is 35.4 Å². The van der Waals surface area contributed by atoms with E-state index in [4.69, 9.17) is 0 Å². The fraction of sp³-hybridized carbons (Fsp3) is 0.368. The van der Waals surface area contributed by atoms with Gasteiger partial charge >= 0.3 is 0 Å². The molecule has 0 N–H and O–H groups in total. The topological polar surface area (TPSA) is 69.8 Å². The van der Waals surface area contributed by atoms with Crippen LogP contribution in [0.2, 0.25) is 0 Å². The maximum Gasteiger partial charge on any atom is 0.152 e. The van der Waals surface area contributed by atoms with Gasteiger partial charge in [0.25, 0.3) is 0 Å². The molecule has 0 spiro atoms. The first-order valence-corrected chi connectivity index (χ1v) is 10.7. The molecule has 8 heteroatoms. The average Bonchev–Trinajstić information content (AvgIpc) is 3.28. The number of rotatable bonds is 3. The summed E-state index contributed by atoms with van der Waals surface area (Å²) in [4.78, 5) is 4.41. The first-order chi connectivity index (χ1) is 12.8. The average molecular weight is 388 g/mol. The number of aryl methyl sites for hydroxylation is 2. The highest BCUT2D eigenvalue weighted by Crippen LogP contribution is 2.31. The predicted molar refractivity (Wildman–Crippen MR) is 101 cm³/mol. The third-order valence-electron chi connectivity index (χ3n) is 5.15. The fourth-order valence-corrected chi connectivity index (χ4v) is 5.45. The van der Waals surface area contributed by atoms with Gasteiger partial charge in [-0.2, -0.15) is 5.10 Å². The normalized spacial score (nSPS) is 18.9. The van der Waals surface area contributed by atoms with Gasteiger partial charge in [-0.25, -0.2) is 17.8 Å². The van der Waals surface area contributed by atoms with Gasteiger partial charge in [0.15, 0.2) is 9.84 Å². The van der Waals surface area contributed by atoms with Crippen molar-refractivity contribution >= 4 is 9.84 Å². The van der Waals surface area contributed by atoms with Crippen LogP contribution in [0, 0.1) is 26.6 Å². The fourth-order valence-electron chi connectivity index (χ4n) is 3.76. The molecule has 6 nitrogen and oxygen atoms in total. The summed E-state index contributed by atoms with van der Waals surface area (Å²) < 4.78 is 41.4. The zero-order valence-corrected chi connectivity index (χ0v) is 16.3. The lowest BCUT2D eigenvalue weighted by Crippen LogP contribution is -2.14. The molecule has 1 atom stereocenters. The van der Waals surface area contributed by atoms with Crippen LogP contribution in [0.1, 0.15) is 29.4 Å². The third-order valence-corrected chi connectivity index (χ3v) is 6.90. The first-order valence-electron chi connectivity index (χ1n) is 8.83. The standard InChI is InChI=1S/C19H21FN4O2S/c1-12-4-5-15(10-17(12)20)19-21-7-8-23(19)18-13(2)22-24(14(18)3)16-6-9-27(25,26)11-16/h4-5,7-8,10,16H,6,9,11H2,1-3H3. The van der Waals surface area contributed by atoms with Crippen molar-refractivity contribution in [3.05, 3.63) is 53.4 Å². The van der Waals surface area contributed by atoms with Crippen molar-refractivity contribution in [1.82, 2.24) is 19.3 Å². The SMILES string of the molecule is Cc1ccc(-c2nccn2-c2c(C)nn(C3CCS(=O)(=O)C3)c2C)cc1F. The van der Waals surface area contributed by atoms with Gasteiger partial charge < -0.3 is 0 Å². The van der Waals surface area contributed by atoms with Crippen molar-refractivity contribution in [1.29, 1.82) is 0 Å². The summed E-state index contributed by atoms with van der Waals surface area (Å²) in [6.07, 6.45) is 4.06. The molecule has 27 heavy (non-hydrogen) atoms. The summed E-state index contributed by atoms with van der Waals surface area (Å²) >= 11 is 0. The van der Waals surface area contributed by atoms with Crippen LogP contribution in [-0.4, -0.2) is 39.3 Å². The molecular formula is C19H21FN4O2S. The van der Waals surface area contributed by atoms with Gasteiger partial charge in [0.2, 0.25) is 0 Å². The minimum absolute atomic E-state index is 0.119. The molecule has 2 aromatic heterocycles. The molecule has 1 unspecified atom stereocenters. The zero-order valence-electron chi connectivity index (χ0n) is 15.5. The highest BCUT2D eigenvalue weighted by Gasteiger charge is 2.32. The van der Waals surface area contributed by atoms with E-state index in [-0.39, 0.29) is 23.4 Å². The highest BCUT2D eigenvalue weighted by molar-refractivity contribution is 7.91. The van der Waals surface area contributed by atoms with Gasteiger partial charge in [-0.05, 0) is 38.8 Å². The van der Waals surface area contributed by atoms with Crippen molar-refractivity contribution in [3.63, 3.8) is 0 Å². The van der Waals surface area contributed by atoms with Crippen LogP contribution in [0.5, 0.6) is 0 Å². The summed E-state index contributed by atoms with van der Waals surface area (Å²) in [6.45, 7) is 5.54. The van der Waals surface area contributed by atoms with E-state index in [1.54, 1.807) is 19.2 Å². The summed E-state index contributed by atoms with van der Waals surface area (Å²) in [6, 6.07) is 4.91. The number of hydrogen-bond acceptors (Lipinski definition) is 4. The first kappa shape index (κ1) is 17.9. The van der Waals surface area contributed by atoms with Crippen LogP contribution >= 0.6 is 0 Å². The molecule has 0 aliphatic carbocycles. The Morgan fingerprint density at radius 1 is 1.22 bits per heavy atom. The maximum atomic E-state index is 14.0. The summed E-state index contributed by atoms with van der Waals surface area (Å²) in [5.74, 6) is 0.666. The molecule has 1 aromatic carbocycles. The van der Waals surface area contributed by atoms with Crippen molar-refractivity contribution in [2.75, 3.05) is 11.5 Å². The highest BCUT2D eigenvalue weighted by atomic mass is 32.2. The van der Waals surface area contributed by atoms with Gasteiger partial charge in [0.05, 0.1) is 34.6 Å². The van der Waals surface area contributed by atoms with Crippen molar-refractivity contribution in [2.45, 2.75) is 33.2 Å². The number of hydrogen-bond donors (Lipinski definition) is 0. The predicted octanol–water partition coefficient (Wildman–Crippen LogP) is 3.16. The minimum atomic E-state index is -3.00. The molecule has 1 saturated heterocycles. The zero-order chi connectivity index (χ0) is 19.3. The van der Waals surface area contributed by atoms with Crippen molar-refractivity contribution in [2.24, 2.45) is 0 Å². The van der Waals surface area contributed by atoms with Crippen molar-refractivity contribution in [3.8, 4) is 17.1 Å². The number of imidazole rings is 1. The third kappa shape index (κ3) is 3.07. The molecule has 3 heterocycles. The summed E-state index contributed by atoms with van der Waals surface area (Å²) in [5, 5.41) is 4.61. The maximum absolute atomic E-state index is 14.0. The molecule has 3 aromatic rings. The van der Waals surface area contributed by atoms with E-state index in [9.17, 15) is 12.8 Å². The Labute approximate surface area is 157 Å². The molecule has 142 valence electrons. The second-order valence-electron chi connectivity index (χ2n) is 7.11. The lowest BCUT2D eigenvalue weighted by Gasteiger charge is -2.13. The Hall–Kier alpha value is -2.48. The van der Waals surface area contributed by atoms with Gasteiger partial charge in [0, 0.05) is 18.0 Å². The van der Waals surface area contributed by atoms with Gasteiger partial charge in [0.1, 0.15) is 11.6 Å². The van der Waals surface area contributed by atoms with Crippen LogP contribution in [0.15, 0.2) is 30.6 Å². The van der Waals surface area contributed by atoms with E-state index < -0.39 is 9.84 Å². The summed E-state index contributed by atoms with van der Waals surface area (Å²) in [5.41, 5.74) is 3.77. The monoisotopic (exact) mass is 388 g/mol. The molecular weight excluding hydrogens is 367 g/mol. The van der Waals surface area contributed by atoms with E-state index in [0.29, 0.717) is 23.4 Å². The largest absolute Gasteiger partial charge is 0.296 e. The molecule has 0 bridgehead atoms. The second kappa shape index (κ2) is 6.30. The van der Waals surface area contributed by atoms with Crippen LogP contribution in [0.3, 0.4) is 0 Å². The van der Waals surface area contributed by atoms with Gasteiger partial charge in [-0.15, -0.1) is 0 Å². The van der Waals surface area contributed by atoms with Crippen molar-refractivity contribution < 1.29 is 12.8 Å². The number of halogens is 1. The Morgan fingerprint density at radius 2 is 2.00 bits per heavy atom. The summed E-state index contributed by atoms with van der Waals surface area (Å²) in [7, 11) is -3.00. The molecule has 0 amide bonds. The molecule has 1 fully saturated rings. The second-order valence-corrected chi connectivity index (χ2v) is 9.33. The Morgan fingerprint density at radius 3 is 2.67 bits per heavy atom. The molecule has 4 rings (SSSR count). The van der Waals surface area contributed by atoms with E-state index >= 15 is 0 Å². The van der Waals surface area contributed by atoms with Gasteiger partial charge in [-0.3, -0.25) is 9.25 Å². The smallest absolute Gasteiger partial charge is 0.152 e. The number of nitrogens with zero attached hydrogens (tertiary/aromatic N) is 4. The molecule has 1 aliphatic heterocycles. The van der Waals surface area contributed by atoms with Crippen LogP contribution in [-0.2, 0) is 9.84 Å². The van der Waals surface area contributed by atoms with Crippen LogP contribution in [0.25, 0.3) is 17.1 Å². The molecule has 1 aliphatic rings. The lowest BCUT2D eigenvalue weighted by molar-refractivity contribution is 0.486. The van der Waals surface area contributed by atoms with Crippen LogP contribution in [0.4, 0.5) is 4.39 Å². The number of sulfone groups is 1. The number of aromatic nitrogens is 4. The number of benzene rings is 1. The minimum Gasteiger partial charge on any atom is -0.296 e. The molecule has 0 radical (unpaired) electrons. The quantitative estimate of drug-likeness (QED) is 0.691. The Kier molecular flexibility index (Phi) is 4.18. The van der Waals surface area contributed by atoms with E-state index in [1.165, 1.54) is 6.07 Å².